The minimum absolute atomic E-state index is 0.160. The molecule has 1 saturated carbocycles. The van der Waals surface area contributed by atoms with Crippen LogP contribution in [-0.2, 0) is 4.79 Å². The number of hydrogen-bond acceptors (Lipinski definition) is 3. The van der Waals surface area contributed by atoms with Crippen molar-refractivity contribution in [3.8, 4) is 11.1 Å². The average molecular weight is 431 g/mol. The van der Waals surface area contributed by atoms with Crippen LogP contribution in [-0.4, -0.2) is 41.2 Å². The molecule has 7 nitrogen and oxygen atoms in total. The van der Waals surface area contributed by atoms with Gasteiger partial charge in [-0.3, -0.25) is 9.69 Å². The maximum absolute atomic E-state index is 12.3. The molecule has 1 fully saturated rings. The number of alkyl halides is 3. The fraction of sp³-hybridized carbons (Fsp3) is 0.286. The first-order chi connectivity index (χ1) is 14.7. The molecule has 4 rings (SSSR count). The van der Waals surface area contributed by atoms with E-state index < -0.39 is 18.8 Å². The Kier molecular flexibility index (Phi) is 5.30. The molecule has 3 aromatic rings. The molecule has 1 aliphatic rings. The minimum Gasteiger partial charge on any atom is -0.346 e. The summed E-state index contributed by atoms with van der Waals surface area (Å²) < 4.78 is 36.8. The lowest BCUT2D eigenvalue weighted by Crippen LogP contribution is -2.36. The Morgan fingerprint density at radius 1 is 1.26 bits per heavy atom. The van der Waals surface area contributed by atoms with Crippen molar-refractivity contribution in [2.24, 2.45) is 0 Å². The predicted molar refractivity (Wildman–Crippen MR) is 111 cm³/mol. The van der Waals surface area contributed by atoms with E-state index in [1.807, 2.05) is 19.1 Å². The van der Waals surface area contributed by atoms with Crippen molar-refractivity contribution in [1.82, 2.24) is 15.3 Å². The van der Waals surface area contributed by atoms with Gasteiger partial charge < -0.3 is 15.6 Å². The van der Waals surface area contributed by atoms with Gasteiger partial charge in [-0.05, 0) is 60.7 Å². The van der Waals surface area contributed by atoms with Crippen LogP contribution in [0.15, 0.2) is 36.5 Å². The smallest absolute Gasteiger partial charge is 0.346 e. The van der Waals surface area contributed by atoms with Crippen LogP contribution in [0, 0.1) is 6.92 Å². The van der Waals surface area contributed by atoms with Crippen molar-refractivity contribution < 1.29 is 22.8 Å². The lowest BCUT2D eigenvalue weighted by Gasteiger charge is -2.18. The highest BCUT2D eigenvalue weighted by Gasteiger charge is 2.31. The van der Waals surface area contributed by atoms with Crippen LogP contribution >= 0.6 is 0 Å². The van der Waals surface area contributed by atoms with Gasteiger partial charge >= 0.3 is 12.2 Å². The van der Waals surface area contributed by atoms with Crippen LogP contribution in [0.4, 0.5) is 29.5 Å². The SMILES string of the molecule is Cc1cc(NC(=O)NCC(F)(F)F)ccc1-c1cc(N(C=O)C2CC2)nc2[nH]ccc12. The quantitative estimate of drug-likeness (QED) is 0.507. The Balaban J connectivity index is 1.63. The molecule has 2 heterocycles. The normalized spacial score (nSPS) is 13.8. The van der Waals surface area contributed by atoms with Crippen molar-refractivity contribution in [2.75, 3.05) is 16.8 Å². The van der Waals surface area contributed by atoms with Crippen molar-refractivity contribution >= 4 is 35.0 Å². The molecule has 3 amide bonds. The van der Waals surface area contributed by atoms with E-state index in [9.17, 15) is 22.8 Å². The summed E-state index contributed by atoms with van der Waals surface area (Å²) in [4.78, 5) is 32.6. The van der Waals surface area contributed by atoms with Gasteiger partial charge in [-0.2, -0.15) is 13.2 Å². The van der Waals surface area contributed by atoms with Gasteiger partial charge in [0, 0.05) is 23.3 Å². The first-order valence-corrected chi connectivity index (χ1v) is 9.69. The average Bonchev–Trinajstić information content (AvgIpc) is 3.42. The fourth-order valence-corrected chi connectivity index (χ4v) is 3.46. The summed E-state index contributed by atoms with van der Waals surface area (Å²) in [5.74, 6) is 0.551. The topological polar surface area (TPSA) is 90.1 Å². The molecule has 0 saturated heterocycles. The molecular formula is C21H20F3N5O2. The minimum atomic E-state index is -4.48. The van der Waals surface area contributed by atoms with Crippen molar-refractivity contribution in [3.05, 3.63) is 42.1 Å². The first kappa shape index (κ1) is 20.7. The van der Waals surface area contributed by atoms with E-state index in [-0.39, 0.29) is 6.04 Å². The summed E-state index contributed by atoms with van der Waals surface area (Å²) in [6.07, 6.45) is -0.0435. The second-order valence-electron chi connectivity index (χ2n) is 7.46. The highest BCUT2D eigenvalue weighted by Crippen LogP contribution is 2.36. The van der Waals surface area contributed by atoms with E-state index in [1.54, 1.807) is 34.6 Å². The Labute approximate surface area is 175 Å². The van der Waals surface area contributed by atoms with E-state index in [1.165, 1.54) is 0 Å². The maximum Gasteiger partial charge on any atom is 0.405 e. The number of fused-ring (bicyclic) bond motifs is 1. The number of hydrogen-bond donors (Lipinski definition) is 3. The molecule has 1 aromatic carbocycles. The van der Waals surface area contributed by atoms with Gasteiger partial charge in [-0.15, -0.1) is 0 Å². The van der Waals surface area contributed by atoms with Crippen LogP contribution < -0.4 is 15.5 Å². The molecule has 10 heteroatoms. The highest BCUT2D eigenvalue weighted by atomic mass is 19.4. The number of amides is 3. The Bertz CT molecular complexity index is 1140. The van der Waals surface area contributed by atoms with Gasteiger partial charge in [-0.25, -0.2) is 9.78 Å². The van der Waals surface area contributed by atoms with E-state index in [2.05, 4.69) is 15.3 Å². The second kappa shape index (κ2) is 7.93. The molecule has 1 aliphatic carbocycles. The number of aromatic amines is 1. The lowest BCUT2D eigenvalue weighted by molar-refractivity contribution is -0.122. The van der Waals surface area contributed by atoms with Gasteiger partial charge in [0.15, 0.2) is 0 Å². The summed E-state index contributed by atoms with van der Waals surface area (Å²) in [6, 6.07) is 8.05. The number of carbonyl (C=O) groups excluding carboxylic acids is 2. The number of nitrogens with one attached hydrogen (secondary N) is 3. The van der Waals surface area contributed by atoms with E-state index in [0.717, 1.165) is 41.3 Å². The number of H-pyrrole nitrogens is 1. The molecule has 162 valence electrons. The standard InChI is InChI=1S/C21H20F3N5O2/c1-12-8-13(27-20(31)26-10-21(22,23)24)2-5-15(12)17-9-18(29(11-30)14-3-4-14)28-19-16(17)6-7-25-19/h2,5-9,11,14H,3-4,10H2,1H3,(H,25,28)(H2,26,27,31). The summed E-state index contributed by atoms with van der Waals surface area (Å²) in [5, 5.41) is 5.05. The monoisotopic (exact) mass is 431 g/mol. The van der Waals surface area contributed by atoms with Crippen molar-refractivity contribution in [2.45, 2.75) is 32.0 Å². The van der Waals surface area contributed by atoms with Crippen LogP contribution in [0.2, 0.25) is 0 Å². The van der Waals surface area contributed by atoms with Gasteiger partial charge in [0.05, 0.1) is 0 Å². The molecule has 2 aromatic heterocycles. The number of halogens is 3. The Hall–Kier alpha value is -3.56. The zero-order valence-corrected chi connectivity index (χ0v) is 16.6. The Morgan fingerprint density at radius 2 is 2.03 bits per heavy atom. The molecule has 31 heavy (non-hydrogen) atoms. The number of pyridine rings is 1. The van der Waals surface area contributed by atoms with Gasteiger partial charge in [0.25, 0.3) is 0 Å². The molecule has 0 aliphatic heterocycles. The van der Waals surface area contributed by atoms with Crippen LogP contribution in [0.3, 0.4) is 0 Å². The number of aromatic nitrogens is 2. The first-order valence-electron chi connectivity index (χ1n) is 9.69. The van der Waals surface area contributed by atoms with Crippen LogP contribution in [0.5, 0.6) is 0 Å². The summed E-state index contributed by atoms with van der Waals surface area (Å²) in [5.41, 5.74) is 3.54. The fourth-order valence-electron chi connectivity index (χ4n) is 3.46. The highest BCUT2D eigenvalue weighted by molar-refractivity contribution is 5.97. The second-order valence-corrected chi connectivity index (χ2v) is 7.46. The summed E-state index contributed by atoms with van der Waals surface area (Å²) in [6.45, 7) is 0.431. The lowest BCUT2D eigenvalue weighted by atomic mass is 9.98. The molecule has 0 atom stereocenters. The predicted octanol–water partition coefficient (Wildman–Crippen LogP) is 4.35. The van der Waals surface area contributed by atoms with E-state index in [0.29, 0.717) is 17.2 Å². The number of urea groups is 1. The van der Waals surface area contributed by atoms with Crippen molar-refractivity contribution in [3.63, 3.8) is 0 Å². The third-order valence-electron chi connectivity index (χ3n) is 5.06. The number of rotatable bonds is 6. The number of carbonyl (C=O) groups is 2. The number of aryl methyl sites for hydroxylation is 1. The molecule has 0 radical (unpaired) electrons. The summed E-state index contributed by atoms with van der Waals surface area (Å²) in [7, 11) is 0. The molecule has 0 spiro atoms. The zero-order chi connectivity index (χ0) is 22.2. The number of nitrogens with zero attached hydrogens (tertiary/aromatic N) is 2. The van der Waals surface area contributed by atoms with E-state index in [4.69, 9.17) is 0 Å². The Morgan fingerprint density at radius 3 is 2.68 bits per heavy atom. The van der Waals surface area contributed by atoms with Gasteiger partial charge in [0.1, 0.15) is 18.0 Å². The van der Waals surface area contributed by atoms with Crippen LogP contribution in [0.25, 0.3) is 22.2 Å². The number of anilines is 2. The molecular weight excluding hydrogens is 411 g/mol. The number of benzene rings is 1. The molecule has 0 bridgehead atoms. The summed E-state index contributed by atoms with van der Waals surface area (Å²) >= 11 is 0. The zero-order valence-electron chi connectivity index (χ0n) is 16.6. The van der Waals surface area contributed by atoms with Crippen molar-refractivity contribution in [1.29, 1.82) is 0 Å². The third kappa shape index (κ3) is 4.62. The maximum atomic E-state index is 12.3. The third-order valence-corrected chi connectivity index (χ3v) is 5.06. The van der Waals surface area contributed by atoms with E-state index >= 15 is 0 Å². The van der Waals surface area contributed by atoms with Gasteiger partial charge in [0.2, 0.25) is 6.41 Å². The molecule has 0 unspecified atom stereocenters. The molecule has 3 N–H and O–H groups in total. The van der Waals surface area contributed by atoms with Gasteiger partial charge in [-0.1, -0.05) is 6.07 Å². The largest absolute Gasteiger partial charge is 0.405 e. The van der Waals surface area contributed by atoms with Crippen LogP contribution in [0.1, 0.15) is 18.4 Å².